The van der Waals surface area contributed by atoms with Crippen LogP contribution in [0, 0.1) is 10.1 Å². The number of rotatable bonds is 6. The minimum absolute atomic E-state index is 0.0131. The molecule has 1 aliphatic rings. The van der Waals surface area contributed by atoms with E-state index in [4.69, 9.17) is 9.47 Å². The zero-order valence-electron chi connectivity index (χ0n) is 16.0. The first-order valence-corrected chi connectivity index (χ1v) is 8.99. The highest BCUT2D eigenvalue weighted by Gasteiger charge is 2.29. The van der Waals surface area contributed by atoms with Crippen molar-refractivity contribution in [2.45, 2.75) is 6.54 Å². The van der Waals surface area contributed by atoms with E-state index < -0.39 is 4.92 Å². The van der Waals surface area contributed by atoms with Gasteiger partial charge in [0, 0.05) is 38.8 Å². The summed E-state index contributed by atoms with van der Waals surface area (Å²) < 4.78 is 10.3. The van der Waals surface area contributed by atoms with Gasteiger partial charge in [0.15, 0.2) is 11.5 Å². The standard InChI is InChI=1S/C20H23N3O5/c1-27-18-12-16(17(23(25)26)13-19(18)28-2)20(24)22-10-8-21(9-11-22)14-15-6-4-3-5-7-15/h3-7,12-13H,8-11,14H2,1-2H3. The smallest absolute Gasteiger partial charge is 0.286 e. The summed E-state index contributed by atoms with van der Waals surface area (Å²) in [5.41, 5.74) is 0.950. The van der Waals surface area contributed by atoms with Gasteiger partial charge >= 0.3 is 0 Å². The fraction of sp³-hybridized carbons (Fsp3) is 0.350. The normalized spacial score (nSPS) is 14.6. The highest BCUT2D eigenvalue weighted by molar-refractivity contribution is 5.99. The molecule has 1 heterocycles. The van der Waals surface area contributed by atoms with E-state index in [9.17, 15) is 14.9 Å². The summed E-state index contributed by atoms with van der Waals surface area (Å²) in [6, 6.07) is 12.8. The Hall–Kier alpha value is -3.13. The molecule has 0 spiro atoms. The third kappa shape index (κ3) is 4.23. The number of amides is 1. The van der Waals surface area contributed by atoms with E-state index in [1.807, 2.05) is 18.2 Å². The number of benzene rings is 2. The fourth-order valence-electron chi connectivity index (χ4n) is 3.31. The third-order valence-electron chi connectivity index (χ3n) is 4.84. The minimum Gasteiger partial charge on any atom is -0.493 e. The molecule has 0 bridgehead atoms. The summed E-state index contributed by atoms with van der Waals surface area (Å²) >= 11 is 0. The van der Waals surface area contributed by atoms with E-state index in [1.54, 1.807) is 4.90 Å². The van der Waals surface area contributed by atoms with Crippen molar-refractivity contribution in [1.29, 1.82) is 0 Å². The number of methoxy groups -OCH3 is 2. The molecule has 2 aromatic carbocycles. The molecule has 1 saturated heterocycles. The molecule has 0 aromatic heterocycles. The Bertz CT molecular complexity index is 848. The van der Waals surface area contributed by atoms with E-state index in [2.05, 4.69) is 17.0 Å². The number of nitro benzene ring substituents is 1. The van der Waals surface area contributed by atoms with Gasteiger partial charge in [0.05, 0.1) is 25.2 Å². The maximum atomic E-state index is 13.0. The number of nitrogens with zero attached hydrogens (tertiary/aromatic N) is 3. The number of carbonyl (C=O) groups is 1. The molecule has 8 heteroatoms. The van der Waals surface area contributed by atoms with Crippen LogP contribution in [-0.4, -0.2) is 61.0 Å². The number of hydrogen-bond acceptors (Lipinski definition) is 6. The first kappa shape index (κ1) is 19.6. The second-order valence-corrected chi connectivity index (χ2v) is 6.54. The topological polar surface area (TPSA) is 85.2 Å². The molecule has 3 rings (SSSR count). The summed E-state index contributed by atoms with van der Waals surface area (Å²) in [6.45, 7) is 3.26. The Kier molecular flexibility index (Phi) is 6.10. The van der Waals surface area contributed by atoms with Gasteiger partial charge in [0.1, 0.15) is 5.56 Å². The van der Waals surface area contributed by atoms with Gasteiger partial charge in [0.25, 0.3) is 11.6 Å². The molecule has 0 unspecified atom stereocenters. The molecule has 1 aliphatic heterocycles. The second-order valence-electron chi connectivity index (χ2n) is 6.54. The van der Waals surface area contributed by atoms with Crippen molar-refractivity contribution in [2.24, 2.45) is 0 Å². The zero-order chi connectivity index (χ0) is 20.1. The van der Waals surface area contributed by atoms with Crippen LogP contribution in [0.15, 0.2) is 42.5 Å². The lowest BCUT2D eigenvalue weighted by atomic mass is 10.1. The summed E-state index contributed by atoms with van der Waals surface area (Å²) in [5.74, 6) is 0.143. The monoisotopic (exact) mass is 385 g/mol. The summed E-state index contributed by atoms with van der Waals surface area (Å²) in [4.78, 5) is 27.8. The summed E-state index contributed by atoms with van der Waals surface area (Å²) in [7, 11) is 2.83. The van der Waals surface area contributed by atoms with Crippen LogP contribution in [0.4, 0.5) is 5.69 Å². The van der Waals surface area contributed by atoms with Gasteiger partial charge < -0.3 is 14.4 Å². The Labute approximate surface area is 163 Å². The van der Waals surface area contributed by atoms with Gasteiger partial charge in [-0.05, 0) is 5.56 Å². The Morgan fingerprint density at radius 1 is 1.04 bits per heavy atom. The van der Waals surface area contributed by atoms with Crippen LogP contribution < -0.4 is 9.47 Å². The summed E-state index contributed by atoms with van der Waals surface area (Å²) in [5, 5.41) is 11.5. The van der Waals surface area contributed by atoms with Crippen molar-refractivity contribution in [3.63, 3.8) is 0 Å². The second kappa shape index (κ2) is 8.71. The molecule has 1 amide bonds. The van der Waals surface area contributed by atoms with Crippen LogP contribution in [0.25, 0.3) is 0 Å². The van der Waals surface area contributed by atoms with Gasteiger partial charge in [-0.1, -0.05) is 30.3 Å². The lowest BCUT2D eigenvalue weighted by Crippen LogP contribution is -2.48. The van der Waals surface area contributed by atoms with Crippen molar-refractivity contribution in [3.8, 4) is 11.5 Å². The SMILES string of the molecule is COc1cc(C(=O)N2CCN(Cc3ccccc3)CC2)c([N+](=O)[O-])cc1OC. The molecule has 2 aromatic rings. The molecule has 0 saturated carbocycles. The molecule has 0 atom stereocenters. The van der Waals surface area contributed by atoms with Gasteiger partial charge in [-0.25, -0.2) is 0 Å². The Morgan fingerprint density at radius 2 is 1.64 bits per heavy atom. The van der Waals surface area contributed by atoms with E-state index in [-0.39, 0.29) is 22.9 Å². The average molecular weight is 385 g/mol. The molecule has 0 aliphatic carbocycles. The zero-order valence-corrected chi connectivity index (χ0v) is 16.0. The van der Waals surface area contributed by atoms with Gasteiger partial charge in [-0.15, -0.1) is 0 Å². The van der Waals surface area contributed by atoms with Gasteiger partial charge in [-0.3, -0.25) is 19.8 Å². The number of carbonyl (C=O) groups excluding carboxylic acids is 1. The number of piperazine rings is 1. The Balaban J connectivity index is 1.73. The predicted molar refractivity (Wildman–Crippen MR) is 104 cm³/mol. The quantitative estimate of drug-likeness (QED) is 0.561. The van der Waals surface area contributed by atoms with Crippen LogP contribution in [0.2, 0.25) is 0 Å². The van der Waals surface area contributed by atoms with Gasteiger partial charge in [-0.2, -0.15) is 0 Å². The first-order valence-electron chi connectivity index (χ1n) is 8.99. The van der Waals surface area contributed by atoms with Crippen molar-refractivity contribution in [1.82, 2.24) is 9.80 Å². The molecule has 8 nitrogen and oxygen atoms in total. The first-order chi connectivity index (χ1) is 13.5. The average Bonchev–Trinajstić information content (AvgIpc) is 2.73. The van der Waals surface area contributed by atoms with Crippen LogP contribution in [0.5, 0.6) is 11.5 Å². The van der Waals surface area contributed by atoms with Crippen molar-refractivity contribution in [2.75, 3.05) is 40.4 Å². The number of hydrogen-bond donors (Lipinski definition) is 0. The van der Waals surface area contributed by atoms with E-state index in [1.165, 1.54) is 31.9 Å². The van der Waals surface area contributed by atoms with Crippen molar-refractivity contribution in [3.05, 3.63) is 63.7 Å². The van der Waals surface area contributed by atoms with E-state index in [0.717, 1.165) is 6.54 Å². The minimum atomic E-state index is -0.569. The lowest BCUT2D eigenvalue weighted by molar-refractivity contribution is -0.385. The molecule has 0 radical (unpaired) electrons. The van der Waals surface area contributed by atoms with Crippen molar-refractivity contribution < 1.29 is 19.2 Å². The maximum absolute atomic E-state index is 13.0. The number of ether oxygens (including phenoxy) is 2. The van der Waals surface area contributed by atoms with Crippen LogP contribution in [0.3, 0.4) is 0 Å². The molecule has 148 valence electrons. The molecular weight excluding hydrogens is 362 g/mol. The van der Waals surface area contributed by atoms with Crippen LogP contribution in [0.1, 0.15) is 15.9 Å². The maximum Gasteiger partial charge on any atom is 0.286 e. The van der Waals surface area contributed by atoms with E-state index >= 15 is 0 Å². The molecule has 0 N–H and O–H groups in total. The van der Waals surface area contributed by atoms with Crippen LogP contribution in [-0.2, 0) is 6.54 Å². The summed E-state index contributed by atoms with van der Waals surface area (Å²) in [6.07, 6.45) is 0. The third-order valence-corrected chi connectivity index (χ3v) is 4.84. The highest BCUT2D eigenvalue weighted by atomic mass is 16.6. The predicted octanol–water partition coefficient (Wildman–Crippen LogP) is 2.57. The molecule has 1 fully saturated rings. The van der Waals surface area contributed by atoms with Gasteiger partial charge in [0.2, 0.25) is 0 Å². The lowest BCUT2D eigenvalue weighted by Gasteiger charge is -2.34. The molecule has 28 heavy (non-hydrogen) atoms. The highest BCUT2D eigenvalue weighted by Crippen LogP contribution is 2.35. The molecular formula is C20H23N3O5. The number of nitro groups is 1. The van der Waals surface area contributed by atoms with Crippen LogP contribution >= 0.6 is 0 Å². The Morgan fingerprint density at radius 3 is 2.21 bits per heavy atom. The largest absolute Gasteiger partial charge is 0.493 e. The van der Waals surface area contributed by atoms with E-state index in [0.29, 0.717) is 31.9 Å². The fourth-order valence-corrected chi connectivity index (χ4v) is 3.31. The van der Waals surface area contributed by atoms with Crippen molar-refractivity contribution >= 4 is 11.6 Å².